The van der Waals surface area contributed by atoms with Gasteiger partial charge >= 0.3 is 5.97 Å². The van der Waals surface area contributed by atoms with E-state index in [0.29, 0.717) is 5.58 Å². The summed E-state index contributed by atoms with van der Waals surface area (Å²) in [6, 6.07) is 5.34. The highest BCUT2D eigenvalue weighted by Crippen LogP contribution is 2.21. The molecule has 2 aromatic rings. The summed E-state index contributed by atoms with van der Waals surface area (Å²) in [5, 5.41) is 27.7. The number of hydrogen-bond donors (Lipinski definition) is 3. The quantitative estimate of drug-likeness (QED) is 0.721. The van der Waals surface area contributed by atoms with Crippen molar-refractivity contribution in [2.24, 2.45) is 0 Å². The molecule has 2 rings (SSSR count). The molecule has 0 bridgehead atoms. The van der Waals surface area contributed by atoms with E-state index >= 15 is 0 Å². The van der Waals surface area contributed by atoms with Gasteiger partial charge in [0.1, 0.15) is 11.7 Å². The Kier molecular flexibility index (Phi) is 3.14. The number of aliphatic carboxylic acids is 1. The standard InChI is InChI=1S/C12H10O6/c13-8-3-4-18-9-2-1-6(5-7(8)9)10(14)11(15)12(16)17/h1-5,10-11,14-15H,(H,16,17). The van der Waals surface area contributed by atoms with Crippen molar-refractivity contribution in [3.63, 3.8) is 0 Å². The third-order valence-corrected chi connectivity index (χ3v) is 2.58. The number of carbonyl (C=O) groups is 1. The van der Waals surface area contributed by atoms with E-state index in [0.717, 1.165) is 0 Å². The van der Waals surface area contributed by atoms with Gasteiger partial charge in [0.05, 0.1) is 11.6 Å². The second kappa shape index (κ2) is 4.59. The van der Waals surface area contributed by atoms with Crippen LogP contribution in [0, 0.1) is 0 Å². The van der Waals surface area contributed by atoms with Gasteiger partial charge in [-0.1, -0.05) is 6.07 Å². The fourth-order valence-electron chi connectivity index (χ4n) is 1.60. The first-order valence-corrected chi connectivity index (χ1v) is 5.11. The van der Waals surface area contributed by atoms with Crippen LogP contribution in [0.25, 0.3) is 11.0 Å². The van der Waals surface area contributed by atoms with Crippen LogP contribution in [-0.4, -0.2) is 27.4 Å². The molecule has 0 saturated carbocycles. The fourth-order valence-corrected chi connectivity index (χ4v) is 1.60. The molecule has 6 heteroatoms. The Balaban J connectivity index is 2.50. The van der Waals surface area contributed by atoms with Crippen LogP contribution in [0.2, 0.25) is 0 Å². The molecule has 0 aliphatic heterocycles. The second-order valence-corrected chi connectivity index (χ2v) is 3.77. The smallest absolute Gasteiger partial charge is 0.335 e. The molecule has 0 amide bonds. The van der Waals surface area contributed by atoms with Gasteiger partial charge in [-0.05, 0) is 17.7 Å². The topological polar surface area (TPSA) is 108 Å². The summed E-state index contributed by atoms with van der Waals surface area (Å²) in [6.45, 7) is 0. The normalized spacial score (nSPS) is 14.3. The molecule has 6 nitrogen and oxygen atoms in total. The Bertz CT molecular complexity index is 644. The molecule has 0 radical (unpaired) electrons. The van der Waals surface area contributed by atoms with Gasteiger partial charge in [0.15, 0.2) is 11.5 Å². The summed E-state index contributed by atoms with van der Waals surface area (Å²) < 4.78 is 5.07. The number of hydrogen-bond acceptors (Lipinski definition) is 5. The van der Waals surface area contributed by atoms with Crippen molar-refractivity contribution >= 4 is 16.9 Å². The lowest BCUT2D eigenvalue weighted by molar-refractivity contribution is -0.153. The number of fused-ring (bicyclic) bond motifs is 1. The average Bonchev–Trinajstić information content (AvgIpc) is 2.37. The summed E-state index contributed by atoms with van der Waals surface area (Å²) >= 11 is 0. The maximum Gasteiger partial charge on any atom is 0.335 e. The van der Waals surface area contributed by atoms with E-state index in [1.165, 1.54) is 30.5 Å². The van der Waals surface area contributed by atoms with Crippen LogP contribution in [0.5, 0.6) is 0 Å². The maximum absolute atomic E-state index is 11.5. The first kappa shape index (κ1) is 12.3. The van der Waals surface area contributed by atoms with Gasteiger partial charge in [0, 0.05) is 6.07 Å². The molecule has 18 heavy (non-hydrogen) atoms. The fraction of sp³-hybridized carbons (Fsp3) is 0.167. The summed E-state index contributed by atoms with van der Waals surface area (Å²) in [5.41, 5.74) is 0.147. The van der Waals surface area contributed by atoms with Crippen LogP contribution in [0.15, 0.2) is 39.7 Å². The molecule has 2 unspecified atom stereocenters. The van der Waals surface area contributed by atoms with Crippen molar-refractivity contribution in [1.82, 2.24) is 0 Å². The van der Waals surface area contributed by atoms with Gasteiger partial charge < -0.3 is 19.7 Å². The third kappa shape index (κ3) is 2.11. The molecule has 0 fully saturated rings. The summed E-state index contributed by atoms with van der Waals surface area (Å²) in [5.74, 6) is -1.54. The van der Waals surface area contributed by atoms with E-state index < -0.39 is 18.2 Å². The molecular formula is C12H10O6. The lowest BCUT2D eigenvalue weighted by Crippen LogP contribution is -2.27. The minimum atomic E-state index is -1.95. The number of rotatable bonds is 3. The molecule has 2 atom stereocenters. The highest BCUT2D eigenvalue weighted by atomic mass is 16.4. The minimum Gasteiger partial charge on any atom is -0.479 e. The Morgan fingerprint density at radius 1 is 1.22 bits per heavy atom. The second-order valence-electron chi connectivity index (χ2n) is 3.77. The number of aliphatic hydroxyl groups is 2. The number of carboxylic acids is 1. The van der Waals surface area contributed by atoms with Crippen LogP contribution in [0.4, 0.5) is 0 Å². The SMILES string of the molecule is O=C(O)C(O)C(O)c1ccc2occc(=O)c2c1. The van der Waals surface area contributed by atoms with E-state index in [1.54, 1.807) is 0 Å². The van der Waals surface area contributed by atoms with E-state index in [-0.39, 0.29) is 16.4 Å². The monoisotopic (exact) mass is 250 g/mol. The molecule has 0 aliphatic carbocycles. The van der Waals surface area contributed by atoms with E-state index in [9.17, 15) is 19.8 Å². The predicted molar refractivity (Wildman–Crippen MR) is 61.1 cm³/mol. The summed E-state index contributed by atoms with van der Waals surface area (Å²) in [6.07, 6.45) is -2.31. The van der Waals surface area contributed by atoms with Crippen LogP contribution < -0.4 is 5.43 Å². The number of aliphatic hydroxyl groups excluding tert-OH is 2. The molecule has 0 aliphatic rings. The van der Waals surface area contributed by atoms with Crippen LogP contribution in [-0.2, 0) is 4.79 Å². The van der Waals surface area contributed by atoms with Crippen molar-refractivity contribution in [3.8, 4) is 0 Å². The third-order valence-electron chi connectivity index (χ3n) is 2.58. The van der Waals surface area contributed by atoms with E-state index in [2.05, 4.69) is 0 Å². The summed E-state index contributed by atoms with van der Waals surface area (Å²) in [4.78, 5) is 22.1. The Morgan fingerprint density at radius 2 is 1.94 bits per heavy atom. The number of benzene rings is 1. The highest BCUT2D eigenvalue weighted by Gasteiger charge is 2.25. The van der Waals surface area contributed by atoms with Crippen molar-refractivity contribution in [2.75, 3.05) is 0 Å². The van der Waals surface area contributed by atoms with Crippen LogP contribution in [0.3, 0.4) is 0 Å². The Morgan fingerprint density at radius 3 is 2.61 bits per heavy atom. The minimum absolute atomic E-state index is 0.135. The average molecular weight is 250 g/mol. The zero-order valence-electron chi connectivity index (χ0n) is 9.11. The van der Waals surface area contributed by atoms with E-state index in [1.807, 2.05) is 0 Å². The lowest BCUT2D eigenvalue weighted by Gasteiger charge is -2.14. The van der Waals surface area contributed by atoms with Crippen LogP contribution in [0.1, 0.15) is 11.7 Å². The van der Waals surface area contributed by atoms with Gasteiger partial charge in [-0.25, -0.2) is 4.79 Å². The number of carboxylic acid groups (broad SMARTS) is 1. The van der Waals surface area contributed by atoms with Crippen molar-refractivity contribution in [3.05, 3.63) is 46.3 Å². The molecule has 1 heterocycles. The van der Waals surface area contributed by atoms with E-state index in [4.69, 9.17) is 9.52 Å². The maximum atomic E-state index is 11.5. The molecule has 1 aromatic carbocycles. The molecule has 0 spiro atoms. The van der Waals surface area contributed by atoms with Gasteiger partial charge in [-0.2, -0.15) is 0 Å². The van der Waals surface area contributed by atoms with Crippen LogP contribution >= 0.6 is 0 Å². The first-order chi connectivity index (χ1) is 8.50. The molecule has 94 valence electrons. The Hall–Kier alpha value is -2.18. The highest BCUT2D eigenvalue weighted by molar-refractivity contribution is 5.78. The predicted octanol–water partition coefficient (Wildman–Crippen LogP) is 0.272. The first-order valence-electron chi connectivity index (χ1n) is 5.11. The molecule has 3 N–H and O–H groups in total. The van der Waals surface area contributed by atoms with Crippen molar-refractivity contribution in [2.45, 2.75) is 12.2 Å². The zero-order chi connectivity index (χ0) is 13.3. The van der Waals surface area contributed by atoms with Gasteiger partial charge in [-0.15, -0.1) is 0 Å². The lowest BCUT2D eigenvalue weighted by atomic mass is 10.0. The Labute approximate surface area is 101 Å². The summed E-state index contributed by atoms with van der Waals surface area (Å²) in [7, 11) is 0. The van der Waals surface area contributed by atoms with Crippen molar-refractivity contribution < 1.29 is 24.5 Å². The molecular weight excluding hydrogens is 240 g/mol. The zero-order valence-corrected chi connectivity index (χ0v) is 9.11. The van der Waals surface area contributed by atoms with Crippen molar-refractivity contribution in [1.29, 1.82) is 0 Å². The largest absolute Gasteiger partial charge is 0.479 e. The van der Waals surface area contributed by atoms with Gasteiger partial charge in [-0.3, -0.25) is 4.79 Å². The molecule has 0 saturated heterocycles. The molecule has 1 aromatic heterocycles. The van der Waals surface area contributed by atoms with Gasteiger partial charge in [0.25, 0.3) is 0 Å². The van der Waals surface area contributed by atoms with Gasteiger partial charge in [0.2, 0.25) is 0 Å².